The fourth-order valence-electron chi connectivity index (χ4n) is 2.17. The summed E-state index contributed by atoms with van der Waals surface area (Å²) < 4.78 is 5.02. The first-order valence-corrected chi connectivity index (χ1v) is 8.61. The molecule has 138 valence electrons. The van der Waals surface area contributed by atoms with Gasteiger partial charge in [-0.3, -0.25) is 4.79 Å². The lowest BCUT2D eigenvalue weighted by atomic mass is 10.2. The summed E-state index contributed by atoms with van der Waals surface area (Å²) in [6.07, 6.45) is 1.99. The Morgan fingerprint density at radius 2 is 2.00 bits per heavy atom. The predicted molar refractivity (Wildman–Crippen MR) is 105 cm³/mol. The molecule has 0 bridgehead atoms. The molecule has 0 aliphatic heterocycles. The number of phenolic OH excluding ortho intramolecular Hbond substituents is 1. The van der Waals surface area contributed by atoms with Crippen LogP contribution in [-0.4, -0.2) is 30.4 Å². The van der Waals surface area contributed by atoms with Gasteiger partial charge in [0.05, 0.1) is 18.3 Å². The van der Waals surface area contributed by atoms with Crippen LogP contribution in [0.5, 0.6) is 11.5 Å². The van der Waals surface area contributed by atoms with E-state index in [9.17, 15) is 9.90 Å². The maximum atomic E-state index is 12.3. The molecule has 6 nitrogen and oxygen atoms in total. The lowest BCUT2D eigenvalue weighted by molar-refractivity contribution is -0.121. The van der Waals surface area contributed by atoms with E-state index in [1.807, 2.05) is 6.92 Å². The molecule has 0 aliphatic rings. The molecule has 0 fully saturated rings. The molecule has 0 saturated carbocycles. The molecule has 8 heteroatoms. The zero-order valence-corrected chi connectivity index (χ0v) is 15.8. The molecule has 2 aromatic rings. The summed E-state index contributed by atoms with van der Waals surface area (Å²) in [6, 6.07) is 9.70. The first-order valence-electron chi connectivity index (χ1n) is 7.86. The van der Waals surface area contributed by atoms with E-state index in [-0.39, 0.29) is 22.4 Å². The Morgan fingerprint density at radius 1 is 1.31 bits per heavy atom. The summed E-state index contributed by atoms with van der Waals surface area (Å²) in [6.45, 7) is 1.89. The molecule has 0 radical (unpaired) electrons. The monoisotopic (exact) mass is 395 g/mol. The molecular weight excluding hydrogens is 377 g/mol. The summed E-state index contributed by atoms with van der Waals surface area (Å²) in [5.41, 5.74) is 3.84. The van der Waals surface area contributed by atoms with Crippen LogP contribution in [0.4, 0.5) is 5.69 Å². The van der Waals surface area contributed by atoms with Crippen LogP contribution < -0.4 is 15.5 Å². The maximum Gasteiger partial charge on any atom is 0.262 e. The number of carbonyl (C=O) groups is 1. The second-order valence-electron chi connectivity index (χ2n) is 5.40. The number of carbonyl (C=O) groups excluding carboxylic acids is 1. The van der Waals surface area contributed by atoms with Crippen LogP contribution in [0.3, 0.4) is 0 Å². The maximum absolute atomic E-state index is 12.3. The summed E-state index contributed by atoms with van der Waals surface area (Å²) in [7, 11) is 1.42. The molecule has 0 aliphatic carbocycles. The van der Waals surface area contributed by atoms with Gasteiger partial charge >= 0.3 is 0 Å². The van der Waals surface area contributed by atoms with Gasteiger partial charge in [0, 0.05) is 10.7 Å². The SMILES string of the molecule is CCC(Nc1ccc(Cl)cc1)C(=O)NN=Cc1cc(Cl)c(O)c(OC)c1. The molecule has 0 spiro atoms. The highest BCUT2D eigenvalue weighted by Gasteiger charge is 2.15. The highest BCUT2D eigenvalue weighted by Crippen LogP contribution is 2.34. The standard InChI is InChI=1S/C18H19Cl2N3O3/c1-3-15(22-13-6-4-12(19)5-7-13)18(25)23-21-10-11-8-14(20)17(24)16(9-11)26-2/h4-10,15,22,24H,3H2,1-2H3,(H,23,25). The van der Waals surface area contributed by atoms with Gasteiger partial charge in [-0.05, 0) is 48.4 Å². The summed E-state index contributed by atoms with van der Waals surface area (Å²) in [4.78, 5) is 12.3. The van der Waals surface area contributed by atoms with Crippen molar-refractivity contribution in [3.8, 4) is 11.5 Å². The first kappa shape index (κ1) is 19.9. The number of anilines is 1. The third kappa shape index (κ3) is 5.28. The summed E-state index contributed by atoms with van der Waals surface area (Å²) >= 11 is 11.8. The Kier molecular flexibility index (Phi) is 7.12. The Morgan fingerprint density at radius 3 is 2.62 bits per heavy atom. The first-order chi connectivity index (χ1) is 12.4. The van der Waals surface area contributed by atoms with Crippen LogP contribution in [0.2, 0.25) is 10.0 Å². The van der Waals surface area contributed by atoms with E-state index >= 15 is 0 Å². The fraction of sp³-hybridized carbons (Fsp3) is 0.222. The molecule has 26 heavy (non-hydrogen) atoms. The summed E-state index contributed by atoms with van der Waals surface area (Å²) in [5.74, 6) is -0.203. The number of benzene rings is 2. The van der Waals surface area contributed by atoms with E-state index in [2.05, 4.69) is 15.8 Å². The van der Waals surface area contributed by atoms with Gasteiger partial charge in [0.2, 0.25) is 0 Å². The number of hydrogen-bond acceptors (Lipinski definition) is 5. The average Bonchev–Trinajstić information content (AvgIpc) is 2.63. The smallest absolute Gasteiger partial charge is 0.262 e. The predicted octanol–water partition coefficient (Wildman–Crippen LogP) is 4.05. The lowest BCUT2D eigenvalue weighted by Gasteiger charge is -2.16. The van der Waals surface area contributed by atoms with Crippen LogP contribution in [0.25, 0.3) is 0 Å². The minimum Gasteiger partial charge on any atom is -0.503 e. The third-order valence-electron chi connectivity index (χ3n) is 3.57. The second kappa shape index (κ2) is 9.31. The zero-order chi connectivity index (χ0) is 19.1. The van der Waals surface area contributed by atoms with Crippen molar-refractivity contribution in [2.75, 3.05) is 12.4 Å². The minimum absolute atomic E-state index is 0.132. The van der Waals surface area contributed by atoms with Crippen LogP contribution in [0.1, 0.15) is 18.9 Å². The van der Waals surface area contributed by atoms with Gasteiger partial charge in [0.1, 0.15) is 6.04 Å². The molecule has 1 amide bonds. The van der Waals surface area contributed by atoms with Gasteiger partial charge in [0.25, 0.3) is 5.91 Å². The van der Waals surface area contributed by atoms with Gasteiger partial charge in [-0.2, -0.15) is 5.10 Å². The molecule has 2 rings (SSSR count). The molecule has 1 unspecified atom stereocenters. The highest BCUT2D eigenvalue weighted by molar-refractivity contribution is 6.32. The fourth-order valence-corrected chi connectivity index (χ4v) is 2.52. The van der Waals surface area contributed by atoms with E-state index < -0.39 is 6.04 Å². The van der Waals surface area contributed by atoms with E-state index in [0.29, 0.717) is 17.0 Å². The number of halogens is 2. The molecule has 1 atom stereocenters. The zero-order valence-electron chi connectivity index (χ0n) is 14.3. The van der Waals surface area contributed by atoms with Gasteiger partial charge < -0.3 is 15.2 Å². The molecule has 0 saturated heterocycles. The van der Waals surface area contributed by atoms with E-state index in [4.69, 9.17) is 27.9 Å². The molecule has 0 aromatic heterocycles. The van der Waals surface area contributed by atoms with Crippen molar-refractivity contribution < 1.29 is 14.6 Å². The number of phenols is 1. The highest BCUT2D eigenvalue weighted by atomic mass is 35.5. The Labute approximate surface area is 161 Å². The van der Waals surface area contributed by atoms with Crippen LogP contribution >= 0.6 is 23.2 Å². The Bertz CT molecular complexity index is 795. The van der Waals surface area contributed by atoms with Crippen molar-refractivity contribution in [3.63, 3.8) is 0 Å². The minimum atomic E-state index is -0.453. The number of nitrogens with zero attached hydrogens (tertiary/aromatic N) is 1. The third-order valence-corrected chi connectivity index (χ3v) is 4.11. The van der Waals surface area contributed by atoms with Gasteiger partial charge in [-0.25, -0.2) is 5.43 Å². The number of aromatic hydroxyl groups is 1. The lowest BCUT2D eigenvalue weighted by Crippen LogP contribution is -2.36. The van der Waals surface area contributed by atoms with E-state index in [1.54, 1.807) is 30.3 Å². The molecule has 3 N–H and O–H groups in total. The van der Waals surface area contributed by atoms with Crippen LogP contribution in [-0.2, 0) is 4.79 Å². The molecule has 0 heterocycles. The quantitative estimate of drug-likeness (QED) is 0.487. The number of ether oxygens (including phenoxy) is 1. The molecule has 2 aromatic carbocycles. The van der Waals surface area contributed by atoms with Crippen molar-refractivity contribution in [1.82, 2.24) is 5.43 Å². The number of nitrogens with one attached hydrogen (secondary N) is 2. The molecular formula is C18H19Cl2N3O3. The number of methoxy groups -OCH3 is 1. The Hall–Kier alpha value is -2.44. The Balaban J connectivity index is 2.00. The van der Waals surface area contributed by atoms with Crippen molar-refractivity contribution in [1.29, 1.82) is 0 Å². The summed E-state index contributed by atoms with van der Waals surface area (Å²) in [5, 5.41) is 17.5. The topological polar surface area (TPSA) is 83.0 Å². The average molecular weight is 396 g/mol. The van der Waals surface area contributed by atoms with Gasteiger partial charge in [-0.1, -0.05) is 30.1 Å². The number of hydrogen-bond donors (Lipinski definition) is 3. The second-order valence-corrected chi connectivity index (χ2v) is 6.24. The number of rotatable bonds is 7. The van der Waals surface area contributed by atoms with Crippen molar-refractivity contribution in [2.24, 2.45) is 5.10 Å². The number of amides is 1. The largest absolute Gasteiger partial charge is 0.503 e. The normalized spacial score (nSPS) is 12.0. The van der Waals surface area contributed by atoms with Crippen molar-refractivity contribution in [2.45, 2.75) is 19.4 Å². The van der Waals surface area contributed by atoms with E-state index in [1.165, 1.54) is 19.4 Å². The van der Waals surface area contributed by atoms with Gasteiger partial charge in [-0.15, -0.1) is 0 Å². The van der Waals surface area contributed by atoms with Crippen molar-refractivity contribution >= 4 is 41.0 Å². The van der Waals surface area contributed by atoms with Crippen LogP contribution in [0.15, 0.2) is 41.5 Å². The van der Waals surface area contributed by atoms with Gasteiger partial charge in [0.15, 0.2) is 11.5 Å². The number of hydrazone groups is 1. The van der Waals surface area contributed by atoms with E-state index in [0.717, 1.165) is 5.69 Å². The van der Waals surface area contributed by atoms with Crippen molar-refractivity contribution in [3.05, 3.63) is 52.0 Å². The van der Waals surface area contributed by atoms with Crippen LogP contribution in [0, 0.1) is 0 Å².